The summed E-state index contributed by atoms with van der Waals surface area (Å²) in [6.07, 6.45) is 2.58. The largest absolute Gasteiger partial charge is 0.330 e. The number of rotatable bonds is 6. The van der Waals surface area contributed by atoms with E-state index in [9.17, 15) is 0 Å². The second-order valence-corrected chi connectivity index (χ2v) is 5.20. The fourth-order valence-electron chi connectivity index (χ4n) is 1.77. The lowest BCUT2D eigenvalue weighted by atomic mass is 9.92. The van der Waals surface area contributed by atoms with Gasteiger partial charge in [-0.15, -0.1) is 0 Å². The van der Waals surface area contributed by atoms with Crippen molar-refractivity contribution in [1.82, 2.24) is 14.8 Å². The van der Waals surface area contributed by atoms with E-state index in [4.69, 9.17) is 5.73 Å². The second-order valence-electron chi connectivity index (χ2n) is 5.20. The zero-order valence-electron chi connectivity index (χ0n) is 10.8. The molecule has 0 fully saturated rings. The molecule has 4 heteroatoms. The summed E-state index contributed by atoms with van der Waals surface area (Å²) in [6.45, 7) is 10.4. The topological polar surface area (TPSA) is 56.7 Å². The van der Waals surface area contributed by atoms with Gasteiger partial charge in [0.2, 0.25) is 0 Å². The molecule has 4 nitrogen and oxygen atoms in total. The van der Waals surface area contributed by atoms with Gasteiger partial charge in [-0.2, -0.15) is 5.10 Å². The molecule has 1 rings (SSSR count). The number of hydrogen-bond donors (Lipinski definition) is 1. The molecule has 2 N–H and O–H groups in total. The third-order valence-corrected chi connectivity index (χ3v) is 2.92. The van der Waals surface area contributed by atoms with Crippen molar-refractivity contribution >= 4 is 0 Å². The molecular weight excluding hydrogens is 200 g/mol. The highest BCUT2D eigenvalue weighted by Crippen LogP contribution is 2.15. The molecule has 0 radical (unpaired) electrons. The molecule has 0 bridgehead atoms. The van der Waals surface area contributed by atoms with E-state index in [0.29, 0.717) is 24.3 Å². The van der Waals surface area contributed by atoms with Gasteiger partial charge in [0.25, 0.3) is 0 Å². The Bertz CT molecular complexity index is 304. The summed E-state index contributed by atoms with van der Waals surface area (Å²) in [5, 5.41) is 4.27. The summed E-state index contributed by atoms with van der Waals surface area (Å²) in [6, 6.07) is 0. The molecule has 0 aliphatic rings. The van der Waals surface area contributed by atoms with Gasteiger partial charge in [-0.3, -0.25) is 0 Å². The Balaban J connectivity index is 2.68. The smallest absolute Gasteiger partial charge is 0.138 e. The van der Waals surface area contributed by atoms with Gasteiger partial charge in [0.15, 0.2) is 0 Å². The number of aromatic nitrogens is 3. The normalized spacial score (nSPS) is 13.7. The highest BCUT2D eigenvalue weighted by atomic mass is 15.3. The SMILES string of the molecule is CC(C)Cn1ncnc1CC(CN)C(C)C. The van der Waals surface area contributed by atoms with Gasteiger partial charge < -0.3 is 5.73 Å². The van der Waals surface area contributed by atoms with Gasteiger partial charge in [-0.05, 0) is 24.3 Å². The van der Waals surface area contributed by atoms with Crippen molar-refractivity contribution in [2.24, 2.45) is 23.5 Å². The summed E-state index contributed by atoms with van der Waals surface area (Å²) in [5.74, 6) is 2.75. The lowest BCUT2D eigenvalue weighted by Gasteiger charge is -2.18. The molecule has 1 aromatic rings. The predicted octanol–water partition coefficient (Wildman–Crippen LogP) is 1.71. The summed E-state index contributed by atoms with van der Waals surface area (Å²) in [4.78, 5) is 4.34. The Labute approximate surface area is 98.2 Å². The molecule has 0 amide bonds. The van der Waals surface area contributed by atoms with Gasteiger partial charge in [0, 0.05) is 13.0 Å². The van der Waals surface area contributed by atoms with E-state index >= 15 is 0 Å². The van der Waals surface area contributed by atoms with Crippen molar-refractivity contribution in [3.63, 3.8) is 0 Å². The molecule has 0 saturated carbocycles. The highest BCUT2D eigenvalue weighted by molar-refractivity contribution is 4.88. The first-order chi connectivity index (χ1) is 7.54. The van der Waals surface area contributed by atoms with Crippen LogP contribution in [0.4, 0.5) is 0 Å². The van der Waals surface area contributed by atoms with Crippen LogP contribution in [-0.2, 0) is 13.0 Å². The Morgan fingerprint density at radius 2 is 2.00 bits per heavy atom. The minimum Gasteiger partial charge on any atom is -0.330 e. The molecule has 0 saturated heterocycles. The molecule has 1 atom stereocenters. The van der Waals surface area contributed by atoms with Crippen molar-refractivity contribution in [2.75, 3.05) is 6.54 Å². The molecule has 1 aromatic heterocycles. The van der Waals surface area contributed by atoms with Crippen LogP contribution in [0, 0.1) is 17.8 Å². The quantitative estimate of drug-likeness (QED) is 0.800. The van der Waals surface area contributed by atoms with E-state index < -0.39 is 0 Å². The average molecular weight is 224 g/mol. The van der Waals surface area contributed by atoms with Crippen LogP contribution in [0.1, 0.15) is 33.5 Å². The van der Waals surface area contributed by atoms with Crippen LogP contribution >= 0.6 is 0 Å². The minimum absolute atomic E-state index is 0.495. The first kappa shape index (κ1) is 13.2. The standard InChI is InChI=1S/C12H24N4/c1-9(2)7-16-12(14-8-15-16)5-11(6-13)10(3)4/h8-11H,5-7,13H2,1-4H3. The van der Waals surface area contributed by atoms with Crippen LogP contribution in [0.5, 0.6) is 0 Å². The van der Waals surface area contributed by atoms with Crippen LogP contribution in [0.15, 0.2) is 6.33 Å². The van der Waals surface area contributed by atoms with Crippen molar-refractivity contribution in [3.8, 4) is 0 Å². The Morgan fingerprint density at radius 1 is 1.31 bits per heavy atom. The molecule has 0 aliphatic carbocycles. The molecule has 16 heavy (non-hydrogen) atoms. The fraction of sp³-hybridized carbons (Fsp3) is 0.833. The Morgan fingerprint density at radius 3 is 2.50 bits per heavy atom. The van der Waals surface area contributed by atoms with Gasteiger partial charge in [0.1, 0.15) is 12.2 Å². The van der Waals surface area contributed by atoms with Crippen LogP contribution in [0.25, 0.3) is 0 Å². The van der Waals surface area contributed by atoms with E-state index in [1.165, 1.54) is 0 Å². The van der Waals surface area contributed by atoms with E-state index in [-0.39, 0.29) is 0 Å². The first-order valence-corrected chi connectivity index (χ1v) is 6.11. The van der Waals surface area contributed by atoms with Crippen molar-refractivity contribution in [3.05, 3.63) is 12.2 Å². The number of nitrogens with two attached hydrogens (primary N) is 1. The zero-order valence-corrected chi connectivity index (χ0v) is 10.8. The Hall–Kier alpha value is -0.900. The summed E-state index contributed by atoms with van der Waals surface area (Å²) >= 11 is 0. The van der Waals surface area contributed by atoms with E-state index in [1.807, 2.05) is 4.68 Å². The molecule has 1 heterocycles. The molecular formula is C12H24N4. The minimum atomic E-state index is 0.495. The molecule has 0 aliphatic heterocycles. The van der Waals surface area contributed by atoms with Crippen LogP contribution in [-0.4, -0.2) is 21.3 Å². The maximum absolute atomic E-state index is 5.78. The van der Waals surface area contributed by atoms with Crippen LogP contribution in [0.2, 0.25) is 0 Å². The van der Waals surface area contributed by atoms with Crippen molar-refractivity contribution < 1.29 is 0 Å². The van der Waals surface area contributed by atoms with Crippen molar-refractivity contribution in [1.29, 1.82) is 0 Å². The first-order valence-electron chi connectivity index (χ1n) is 6.11. The lowest BCUT2D eigenvalue weighted by molar-refractivity contribution is 0.368. The fourth-order valence-corrected chi connectivity index (χ4v) is 1.77. The lowest BCUT2D eigenvalue weighted by Crippen LogP contribution is -2.24. The van der Waals surface area contributed by atoms with Gasteiger partial charge >= 0.3 is 0 Å². The second kappa shape index (κ2) is 5.99. The van der Waals surface area contributed by atoms with E-state index in [2.05, 4.69) is 37.8 Å². The highest BCUT2D eigenvalue weighted by Gasteiger charge is 2.16. The van der Waals surface area contributed by atoms with Gasteiger partial charge in [0.05, 0.1) is 0 Å². The molecule has 0 aromatic carbocycles. The molecule has 1 unspecified atom stereocenters. The van der Waals surface area contributed by atoms with E-state index in [0.717, 1.165) is 18.8 Å². The number of hydrogen-bond acceptors (Lipinski definition) is 3. The monoisotopic (exact) mass is 224 g/mol. The summed E-state index contributed by atoms with van der Waals surface area (Å²) in [7, 11) is 0. The predicted molar refractivity (Wildman–Crippen MR) is 65.9 cm³/mol. The van der Waals surface area contributed by atoms with E-state index in [1.54, 1.807) is 6.33 Å². The average Bonchev–Trinajstić information content (AvgIpc) is 2.60. The summed E-state index contributed by atoms with van der Waals surface area (Å²) < 4.78 is 2.01. The van der Waals surface area contributed by atoms with Crippen LogP contribution in [0.3, 0.4) is 0 Å². The maximum atomic E-state index is 5.78. The third-order valence-electron chi connectivity index (χ3n) is 2.92. The third kappa shape index (κ3) is 3.59. The van der Waals surface area contributed by atoms with Gasteiger partial charge in [-0.25, -0.2) is 9.67 Å². The molecule has 92 valence electrons. The Kier molecular flexibility index (Phi) is 4.93. The van der Waals surface area contributed by atoms with Gasteiger partial charge in [-0.1, -0.05) is 27.7 Å². The maximum Gasteiger partial charge on any atom is 0.138 e. The number of nitrogens with zero attached hydrogens (tertiary/aromatic N) is 3. The zero-order chi connectivity index (χ0) is 12.1. The summed E-state index contributed by atoms with van der Waals surface area (Å²) in [5.41, 5.74) is 5.78. The van der Waals surface area contributed by atoms with Crippen molar-refractivity contribution in [2.45, 2.75) is 40.7 Å². The molecule has 0 spiro atoms. The van der Waals surface area contributed by atoms with Crippen LogP contribution < -0.4 is 5.73 Å².